The summed E-state index contributed by atoms with van der Waals surface area (Å²) in [6.07, 6.45) is 0. The summed E-state index contributed by atoms with van der Waals surface area (Å²) < 4.78 is 36.7. The van der Waals surface area contributed by atoms with E-state index in [2.05, 4.69) is 10.3 Å². The van der Waals surface area contributed by atoms with Gasteiger partial charge in [0, 0.05) is 18.8 Å². The number of hydrogen-bond acceptors (Lipinski definition) is 4. The molecule has 0 aliphatic carbocycles. The van der Waals surface area contributed by atoms with Gasteiger partial charge in [-0.3, -0.25) is 0 Å². The van der Waals surface area contributed by atoms with Crippen molar-refractivity contribution in [3.8, 4) is 0 Å². The summed E-state index contributed by atoms with van der Waals surface area (Å²) in [5.41, 5.74) is -3.21. The number of alkyl halides is 3. The van der Waals surface area contributed by atoms with E-state index in [1.807, 2.05) is 24.3 Å². The lowest BCUT2D eigenvalue weighted by atomic mass is 10.3. The monoisotopic (exact) mass is 292 g/mol. The summed E-state index contributed by atoms with van der Waals surface area (Å²) >= 11 is 1.55. The third-order valence-electron chi connectivity index (χ3n) is 2.16. The first-order valence-electron chi connectivity index (χ1n) is 5.30. The van der Waals surface area contributed by atoms with E-state index in [9.17, 15) is 13.2 Å². The molecule has 0 aliphatic rings. The molecule has 0 spiro atoms. The SMILES string of the molecule is FC(F)(F)SCCNCc1nc2ccccc2s1. The fraction of sp³-hybridized carbons (Fsp3) is 0.364. The van der Waals surface area contributed by atoms with Crippen molar-refractivity contribution in [2.24, 2.45) is 0 Å². The van der Waals surface area contributed by atoms with Crippen molar-refractivity contribution in [1.29, 1.82) is 0 Å². The van der Waals surface area contributed by atoms with E-state index in [1.54, 1.807) is 11.3 Å². The number of benzene rings is 1. The summed E-state index contributed by atoms with van der Waals surface area (Å²) in [7, 11) is 0. The van der Waals surface area contributed by atoms with E-state index in [0.29, 0.717) is 13.1 Å². The molecule has 0 unspecified atom stereocenters. The normalized spacial score (nSPS) is 12.2. The van der Waals surface area contributed by atoms with Gasteiger partial charge in [0.2, 0.25) is 0 Å². The van der Waals surface area contributed by atoms with Crippen LogP contribution in [0.3, 0.4) is 0 Å². The van der Waals surface area contributed by atoms with Gasteiger partial charge < -0.3 is 5.32 Å². The number of nitrogens with one attached hydrogen (secondary N) is 1. The van der Waals surface area contributed by atoms with Crippen LogP contribution in [-0.2, 0) is 6.54 Å². The molecule has 2 nitrogen and oxygen atoms in total. The minimum atomic E-state index is -4.14. The fourth-order valence-electron chi connectivity index (χ4n) is 1.43. The number of nitrogens with zero attached hydrogens (tertiary/aromatic N) is 1. The van der Waals surface area contributed by atoms with Gasteiger partial charge >= 0.3 is 5.51 Å². The van der Waals surface area contributed by atoms with Crippen molar-refractivity contribution < 1.29 is 13.2 Å². The lowest BCUT2D eigenvalue weighted by Gasteiger charge is -2.05. The smallest absolute Gasteiger partial charge is 0.310 e. The minimum absolute atomic E-state index is 0.00577. The molecule has 0 atom stereocenters. The second-order valence-corrected chi connectivity index (χ2v) is 5.82. The molecule has 1 N–H and O–H groups in total. The maximum atomic E-state index is 11.9. The number of aromatic nitrogens is 1. The molecular weight excluding hydrogens is 281 g/mol. The molecule has 98 valence electrons. The maximum absolute atomic E-state index is 11.9. The summed E-state index contributed by atoms with van der Waals surface area (Å²) in [6, 6.07) is 7.77. The number of hydrogen-bond donors (Lipinski definition) is 1. The van der Waals surface area contributed by atoms with Crippen molar-refractivity contribution in [3.05, 3.63) is 29.3 Å². The third kappa shape index (κ3) is 4.15. The Labute approximate surface area is 111 Å². The summed E-state index contributed by atoms with van der Waals surface area (Å²) in [5, 5.41) is 3.86. The molecule has 0 saturated heterocycles. The van der Waals surface area contributed by atoms with Crippen molar-refractivity contribution in [3.63, 3.8) is 0 Å². The molecule has 0 amide bonds. The van der Waals surface area contributed by atoms with Gasteiger partial charge in [-0.2, -0.15) is 13.2 Å². The average Bonchev–Trinajstić information content (AvgIpc) is 2.69. The van der Waals surface area contributed by atoms with E-state index in [4.69, 9.17) is 0 Å². The Hall–Kier alpha value is -0.790. The topological polar surface area (TPSA) is 24.9 Å². The largest absolute Gasteiger partial charge is 0.441 e. The summed E-state index contributed by atoms with van der Waals surface area (Å²) in [5.74, 6) is 0.0222. The Balaban J connectivity index is 1.77. The number of halogens is 3. The van der Waals surface area contributed by atoms with Gasteiger partial charge in [0.05, 0.1) is 10.2 Å². The zero-order chi connectivity index (χ0) is 13.0. The van der Waals surface area contributed by atoms with Crippen LogP contribution in [0.25, 0.3) is 10.2 Å². The molecule has 1 aromatic carbocycles. The van der Waals surface area contributed by atoms with Crippen molar-refractivity contribution >= 4 is 33.3 Å². The van der Waals surface area contributed by atoms with E-state index < -0.39 is 5.51 Å². The minimum Gasteiger partial charge on any atom is -0.310 e. The summed E-state index contributed by atoms with van der Waals surface area (Å²) in [6.45, 7) is 0.831. The van der Waals surface area contributed by atoms with Gasteiger partial charge in [0.25, 0.3) is 0 Å². The molecule has 1 aromatic heterocycles. The zero-order valence-electron chi connectivity index (χ0n) is 9.33. The predicted molar refractivity (Wildman–Crippen MR) is 69.8 cm³/mol. The van der Waals surface area contributed by atoms with Crippen LogP contribution >= 0.6 is 23.1 Å². The Morgan fingerprint density at radius 3 is 2.78 bits per heavy atom. The highest BCUT2D eigenvalue weighted by Crippen LogP contribution is 2.29. The first kappa shape index (κ1) is 13.6. The second-order valence-electron chi connectivity index (χ2n) is 3.55. The van der Waals surface area contributed by atoms with Crippen LogP contribution in [0.4, 0.5) is 13.2 Å². The Bertz CT molecular complexity index is 477. The highest BCUT2D eigenvalue weighted by atomic mass is 32.2. The molecular formula is C11H11F3N2S2. The van der Waals surface area contributed by atoms with E-state index in [-0.39, 0.29) is 17.5 Å². The maximum Gasteiger partial charge on any atom is 0.441 e. The molecule has 0 fully saturated rings. The number of fused-ring (bicyclic) bond motifs is 1. The number of rotatable bonds is 5. The molecule has 0 radical (unpaired) electrons. The Kier molecular flexibility index (Phi) is 4.47. The highest BCUT2D eigenvalue weighted by Gasteiger charge is 2.27. The zero-order valence-corrected chi connectivity index (χ0v) is 11.0. The molecule has 2 aromatic rings. The standard InChI is InChI=1S/C11H11F3N2S2/c12-11(13,14)17-6-5-15-7-10-16-8-3-1-2-4-9(8)18-10/h1-4,15H,5-7H2. The van der Waals surface area contributed by atoms with Crippen LogP contribution in [0, 0.1) is 0 Å². The molecule has 0 bridgehead atoms. The molecule has 7 heteroatoms. The Morgan fingerprint density at radius 1 is 1.28 bits per heavy atom. The second kappa shape index (κ2) is 5.90. The van der Waals surface area contributed by atoms with Crippen LogP contribution in [-0.4, -0.2) is 22.8 Å². The summed E-state index contributed by atoms with van der Waals surface area (Å²) in [4.78, 5) is 4.39. The average molecular weight is 292 g/mol. The van der Waals surface area contributed by atoms with Gasteiger partial charge in [0.1, 0.15) is 5.01 Å². The molecule has 2 rings (SSSR count). The van der Waals surface area contributed by atoms with Crippen molar-refractivity contribution in [1.82, 2.24) is 10.3 Å². The lowest BCUT2D eigenvalue weighted by Crippen LogP contribution is -2.18. The number of thioether (sulfide) groups is 1. The first-order chi connectivity index (χ1) is 8.54. The van der Waals surface area contributed by atoms with Gasteiger partial charge in [-0.25, -0.2) is 4.98 Å². The third-order valence-corrected chi connectivity index (χ3v) is 3.93. The predicted octanol–water partition coefficient (Wildman–Crippen LogP) is 3.64. The van der Waals surface area contributed by atoms with Crippen LogP contribution in [0.15, 0.2) is 24.3 Å². The van der Waals surface area contributed by atoms with Gasteiger partial charge in [-0.15, -0.1) is 11.3 Å². The van der Waals surface area contributed by atoms with E-state index in [0.717, 1.165) is 15.2 Å². The van der Waals surface area contributed by atoms with Crippen LogP contribution < -0.4 is 5.32 Å². The van der Waals surface area contributed by atoms with Crippen LogP contribution in [0.5, 0.6) is 0 Å². The number of para-hydroxylation sites is 1. The van der Waals surface area contributed by atoms with Gasteiger partial charge in [-0.05, 0) is 23.9 Å². The fourth-order valence-corrected chi connectivity index (χ4v) is 2.84. The molecule has 0 saturated carbocycles. The molecule has 1 heterocycles. The van der Waals surface area contributed by atoms with Gasteiger partial charge in [0.15, 0.2) is 0 Å². The number of thiazole rings is 1. The van der Waals surface area contributed by atoms with E-state index >= 15 is 0 Å². The van der Waals surface area contributed by atoms with Crippen molar-refractivity contribution in [2.45, 2.75) is 12.1 Å². The lowest BCUT2D eigenvalue weighted by molar-refractivity contribution is -0.0327. The molecule has 0 aliphatic heterocycles. The quantitative estimate of drug-likeness (QED) is 0.852. The van der Waals surface area contributed by atoms with Gasteiger partial charge in [-0.1, -0.05) is 12.1 Å². The molecule has 18 heavy (non-hydrogen) atoms. The van der Waals surface area contributed by atoms with Crippen LogP contribution in [0.1, 0.15) is 5.01 Å². The highest BCUT2D eigenvalue weighted by molar-refractivity contribution is 8.00. The van der Waals surface area contributed by atoms with E-state index in [1.165, 1.54) is 0 Å². The first-order valence-corrected chi connectivity index (χ1v) is 7.11. The Morgan fingerprint density at radius 2 is 2.06 bits per heavy atom. The van der Waals surface area contributed by atoms with Crippen molar-refractivity contribution in [2.75, 3.05) is 12.3 Å². The van der Waals surface area contributed by atoms with Crippen LogP contribution in [0.2, 0.25) is 0 Å².